The second-order valence-corrected chi connectivity index (χ2v) is 10.6. The van der Waals surface area contributed by atoms with Gasteiger partial charge in [0.1, 0.15) is 5.67 Å². The van der Waals surface area contributed by atoms with Crippen LogP contribution in [0.1, 0.15) is 37.7 Å². The normalized spacial score (nSPS) is 24.3. The average molecular weight is 419 g/mol. The van der Waals surface area contributed by atoms with Gasteiger partial charge in [0.25, 0.3) is 0 Å². The number of alkyl halides is 1. The SMILES string of the molecule is CS(=O)(=O)c1ccc(CN2CCC(F)(CNC3CC3c3ccccc3)CC2)cc1.[HH]. The highest BCUT2D eigenvalue weighted by molar-refractivity contribution is 7.90. The molecule has 0 spiro atoms. The molecule has 0 bridgehead atoms. The van der Waals surface area contributed by atoms with Gasteiger partial charge in [-0.05, 0) is 42.5 Å². The van der Waals surface area contributed by atoms with Crippen molar-refractivity contribution in [3.8, 4) is 0 Å². The van der Waals surface area contributed by atoms with Crippen molar-refractivity contribution in [2.45, 2.75) is 48.3 Å². The zero-order valence-corrected chi connectivity index (χ0v) is 17.7. The average Bonchev–Trinajstić information content (AvgIpc) is 3.49. The molecule has 29 heavy (non-hydrogen) atoms. The van der Waals surface area contributed by atoms with Crippen LogP contribution in [0.4, 0.5) is 4.39 Å². The van der Waals surface area contributed by atoms with Crippen molar-refractivity contribution in [2.75, 3.05) is 25.9 Å². The van der Waals surface area contributed by atoms with Gasteiger partial charge in [0.05, 0.1) is 4.90 Å². The van der Waals surface area contributed by atoms with Gasteiger partial charge in [0, 0.05) is 45.8 Å². The molecule has 0 radical (unpaired) electrons. The zero-order valence-electron chi connectivity index (χ0n) is 16.9. The lowest BCUT2D eigenvalue weighted by molar-refractivity contribution is 0.0544. The molecule has 1 heterocycles. The fourth-order valence-electron chi connectivity index (χ4n) is 4.19. The lowest BCUT2D eigenvalue weighted by atomic mass is 9.93. The van der Waals surface area contributed by atoms with Gasteiger partial charge >= 0.3 is 0 Å². The van der Waals surface area contributed by atoms with Gasteiger partial charge in [-0.3, -0.25) is 4.90 Å². The molecule has 1 aliphatic carbocycles. The molecule has 1 N–H and O–H groups in total. The molecule has 2 fully saturated rings. The van der Waals surface area contributed by atoms with Crippen LogP contribution in [0.2, 0.25) is 0 Å². The maximum Gasteiger partial charge on any atom is 0.175 e. The standard InChI is InChI=1S/C23H29FN2O2S.H2/c1-29(27,28)20-9-7-18(8-10-20)16-26-13-11-23(24,12-14-26)17-25-22-15-21(22)19-5-3-2-4-6-19;/h2-10,21-22,25H,11-17H2,1H3;1H. The first kappa shape index (κ1) is 20.5. The first-order valence-corrected chi connectivity index (χ1v) is 12.2. The Labute approximate surface area is 174 Å². The van der Waals surface area contributed by atoms with Crippen LogP contribution < -0.4 is 5.32 Å². The molecule has 1 saturated heterocycles. The topological polar surface area (TPSA) is 49.4 Å². The molecule has 2 aromatic rings. The van der Waals surface area contributed by atoms with Crippen molar-refractivity contribution in [2.24, 2.45) is 0 Å². The molecule has 1 saturated carbocycles. The van der Waals surface area contributed by atoms with Crippen molar-refractivity contribution in [3.63, 3.8) is 0 Å². The van der Waals surface area contributed by atoms with Gasteiger partial charge < -0.3 is 5.32 Å². The Balaban J connectivity index is 0.00000256. The van der Waals surface area contributed by atoms with Crippen molar-refractivity contribution in [1.29, 1.82) is 0 Å². The number of nitrogens with zero attached hydrogens (tertiary/aromatic N) is 1. The number of piperidine rings is 1. The number of likely N-dealkylation sites (tertiary alicyclic amines) is 1. The van der Waals surface area contributed by atoms with E-state index in [0.29, 0.717) is 36.2 Å². The highest BCUT2D eigenvalue weighted by atomic mass is 32.2. The van der Waals surface area contributed by atoms with Crippen LogP contribution in [0.15, 0.2) is 59.5 Å². The third kappa shape index (κ3) is 5.24. The van der Waals surface area contributed by atoms with E-state index in [2.05, 4.69) is 34.5 Å². The molecule has 2 atom stereocenters. The molecule has 2 aliphatic rings. The Morgan fingerprint density at radius 2 is 1.76 bits per heavy atom. The van der Waals surface area contributed by atoms with Gasteiger partial charge in [-0.1, -0.05) is 42.5 Å². The fraction of sp³-hybridized carbons (Fsp3) is 0.478. The summed E-state index contributed by atoms with van der Waals surface area (Å²) in [7, 11) is -3.17. The Hall–Kier alpha value is -1.76. The molecule has 4 rings (SSSR count). The summed E-state index contributed by atoms with van der Waals surface area (Å²) in [6.07, 6.45) is 3.37. The second-order valence-electron chi connectivity index (χ2n) is 8.58. The summed E-state index contributed by atoms with van der Waals surface area (Å²) in [5, 5.41) is 3.45. The molecular weight excluding hydrogens is 387 g/mol. The first-order valence-electron chi connectivity index (χ1n) is 10.3. The summed E-state index contributed by atoms with van der Waals surface area (Å²) >= 11 is 0. The lowest BCUT2D eigenvalue weighted by Crippen LogP contribution is -2.47. The van der Waals surface area contributed by atoms with Gasteiger partial charge in [0.2, 0.25) is 0 Å². The van der Waals surface area contributed by atoms with Gasteiger partial charge in [-0.25, -0.2) is 12.8 Å². The molecule has 4 nitrogen and oxygen atoms in total. The van der Waals surface area contributed by atoms with Crippen LogP contribution in [0.25, 0.3) is 0 Å². The molecule has 0 amide bonds. The lowest BCUT2D eigenvalue weighted by Gasteiger charge is -2.36. The minimum atomic E-state index is -3.17. The van der Waals surface area contributed by atoms with E-state index in [1.54, 1.807) is 12.1 Å². The summed E-state index contributed by atoms with van der Waals surface area (Å²) in [5.41, 5.74) is 1.26. The number of sulfone groups is 1. The fourth-order valence-corrected chi connectivity index (χ4v) is 4.82. The molecule has 0 aromatic heterocycles. The third-order valence-corrected chi connectivity index (χ3v) is 7.34. The number of hydrogen-bond acceptors (Lipinski definition) is 4. The minimum absolute atomic E-state index is 0. The number of halogens is 1. The summed E-state index contributed by atoms with van der Waals surface area (Å²) in [6.45, 7) is 2.60. The smallest absolute Gasteiger partial charge is 0.175 e. The molecule has 158 valence electrons. The predicted molar refractivity (Wildman–Crippen MR) is 116 cm³/mol. The largest absolute Gasteiger partial charge is 0.310 e. The third-order valence-electron chi connectivity index (χ3n) is 6.21. The summed E-state index contributed by atoms with van der Waals surface area (Å²) in [4.78, 5) is 2.58. The Morgan fingerprint density at radius 1 is 1.10 bits per heavy atom. The van der Waals surface area contributed by atoms with Crippen LogP contribution in [0.5, 0.6) is 0 Å². The Bertz CT molecular complexity index is 929. The highest BCUT2D eigenvalue weighted by Gasteiger charge is 2.41. The van der Waals surface area contributed by atoms with E-state index in [1.165, 1.54) is 11.8 Å². The Morgan fingerprint density at radius 3 is 2.38 bits per heavy atom. The molecular formula is C23H31FN2O2S. The second kappa shape index (κ2) is 8.17. The summed E-state index contributed by atoms with van der Waals surface area (Å²) in [6, 6.07) is 17.9. The number of rotatable bonds is 7. The van der Waals surface area contributed by atoms with Crippen LogP contribution in [-0.2, 0) is 16.4 Å². The van der Waals surface area contributed by atoms with Gasteiger partial charge in [0.15, 0.2) is 9.84 Å². The van der Waals surface area contributed by atoms with Crippen molar-refractivity contribution < 1.29 is 14.2 Å². The van der Waals surface area contributed by atoms with Crippen molar-refractivity contribution in [3.05, 3.63) is 65.7 Å². The van der Waals surface area contributed by atoms with E-state index in [1.807, 2.05) is 18.2 Å². The van der Waals surface area contributed by atoms with E-state index in [0.717, 1.165) is 31.6 Å². The Kier molecular flexibility index (Phi) is 5.78. The first-order chi connectivity index (χ1) is 13.8. The van der Waals surface area contributed by atoms with E-state index >= 15 is 4.39 Å². The summed E-state index contributed by atoms with van der Waals surface area (Å²) in [5.74, 6) is 0.523. The number of nitrogens with one attached hydrogen (secondary N) is 1. The van der Waals surface area contributed by atoms with Crippen molar-refractivity contribution in [1.82, 2.24) is 10.2 Å². The predicted octanol–water partition coefficient (Wildman–Crippen LogP) is 3.79. The van der Waals surface area contributed by atoms with Crippen LogP contribution in [0.3, 0.4) is 0 Å². The van der Waals surface area contributed by atoms with Crippen LogP contribution >= 0.6 is 0 Å². The molecule has 2 aromatic carbocycles. The van der Waals surface area contributed by atoms with E-state index in [9.17, 15) is 8.42 Å². The van der Waals surface area contributed by atoms with Crippen molar-refractivity contribution >= 4 is 9.84 Å². The summed E-state index contributed by atoms with van der Waals surface area (Å²) < 4.78 is 38.4. The van der Waals surface area contributed by atoms with E-state index in [-0.39, 0.29) is 1.43 Å². The van der Waals surface area contributed by atoms with Gasteiger partial charge in [-0.15, -0.1) is 0 Å². The zero-order chi connectivity index (χ0) is 20.5. The van der Waals surface area contributed by atoms with Gasteiger partial charge in [-0.2, -0.15) is 0 Å². The maximum absolute atomic E-state index is 15.2. The van der Waals surface area contributed by atoms with E-state index < -0.39 is 15.5 Å². The molecule has 1 aliphatic heterocycles. The highest BCUT2D eigenvalue weighted by Crippen LogP contribution is 2.41. The number of hydrogen-bond donors (Lipinski definition) is 1. The number of benzene rings is 2. The van der Waals surface area contributed by atoms with Crippen LogP contribution in [-0.4, -0.2) is 50.9 Å². The van der Waals surface area contributed by atoms with E-state index in [4.69, 9.17) is 0 Å². The van der Waals surface area contributed by atoms with Crippen LogP contribution in [0, 0.1) is 0 Å². The monoisotopic (exact) mass is 418 g/mol. The maximum atomic E-state index is 15.2. The quantitative estimate of drug-likeness (QED) is 0.743. The molecule has 2 unspecified atom stereocenters. The molecule has 6 heteroatoms. The minimum Gasteiger partial charge on any atom is -0.310 e.